The van der Waals surface area contributed by atoms with Crippen LogP contribution in [-0.2, 0) is 19.1 Å². The van der Waals surface area contributed by atoms with E-state index in [1.807, 2.05) is 0 Å². The van der Waals surface area contributed by atoms with Crippen LogP contribution in [0, 0.1) is 11.8 Å². The molecule has 18 heavy (non-hydrogen) atoms. The van der Waals surface area contributed by atoms with Crippen molar-refractivity contribution in [1.29, 1.82) is 0 Å². The van der Waals surface area contributed by atoms with Crippen LogP contribution >= 0.6 is 0 Å². The van der Waals surface area contributed by atoms with Gasteiger partial charge in [-0.15, -0.1) is 0 Å². The summed E-state index contributed by atoms with van der Waals surface area (Å²) in [5.74, 6) is -1.43. The summed E-state index contributed by atoms with van der Waals surface area (Å²) in [5.41, 5.74) is 0. The van der Waals surface area contributed by atoms with Gasteiger partial charge >= 0.3 is 5.97 Å². The number of nitrogens with zero attached hydrogens (tertiary/aromatic N) is 1. The number of ether oxygens (including phenoxy) is 1. The van der Waals surface area contributed by atoms with Crippen LogP contribution in [0.25, 0.3) is 0 Å². The molecule has 1 unspecified atom stereocenters. The highest BCUT2D eigenvalue weighted by Gasteiger charge is 2.40. The van der Waals surface area contributed by atoms with Crippen LogP contribution in [0.5, 0.6) is 0 Å². The lowest BCUT2D eigenvalue weighted by atomic mass is 9.88. The van der Waals surface area contributed by atoms with Crippen molar-refractivity contribution in [2.24, 2.45) is 11.8 Å². The number of carbonyl (C=O) groups is 3. The topological polar surface area (TPSA) is 63.7 Å². The van der Waals surface area contributed by atoms with Gasteiger partial charge in [0.2, 0.25) is 5.91 Å². The van der Waals surface area contributed by atoms with E-state index in [0.29, 0.717) is 0 Å². The van der Waals surface area contributed by atoms with Crippen LogP contribution in [0.2, 0.25) is 0 Å². The van der Waals surface area contributed by atoms with Gasteiger partial charge in [0, 0.05) is 12.5 Å². The second kappa shape index (κ2) is 5.50. The number of esters is 1. The molecule has 1 saturated carbocycles. The van der Waals surface area contributed by atoms with Crippen molar-refractivity contribution >= 4 is 17.7 Å². The molecule has 1 aliphatic carbocycles. The van der Waals surface area contributed by atoms with Gasteiger partial charge in [-0.3, -0.25) is 14.4 Å². The van der Waals surface area contributed by atoms with E-state index in [-0.39, 0.29) is 30.7 Å². The number of hydrogen-bond donors (Lipinski definition) is 0. The van der Waals surface area contributed by atoms with E-state index in [2.05, 4.69) is 4.74 Å². The summed E-state index contributed by atoms with van der Waals surface area (Å²) in [7, 11) is 1.27. The summed E-state index contributed by atoms with van der Waals surface area (Å²) in [6.45, 7) is 0.260. The molecule has 0 radical (unpaired) electrons. The minimum atomic E-state index is -0.775. The van der Waals surface area contributed by atoms with Crippen molar-refractivity contribution in [3.8, 4) is 0 Å². The SMILES string of the molecule is COC(=O)C1CN(C(=O)C2CCCCC2)CC1=O. The average molecular weight is 253 g/mol. The Labute approximate surface area is 106 Å². The second-order valence-corrected chi connectivity index (χ2v) is 5.10. The molecule has 0 spiro atoms. The van der Waals surface area contributed by atoms with Crippen molar-refractivity contribution in [1.82, 2.24) is 4.90 Å². The average Bonchev–Trinajstić information content (AvgIpc) is 2.80. The van der Waals surface area contributed by atoms with E-state index in [1.165, 1.54) is 18.4 Å². The molecule has 0 aromatic carbocycles. The first-order valence-electron chi connectivity index (χ1n) is 6.53. The number of Topliss-reactive ketones (excluding diaryl/α,β-unsaturated/α-hetero) is 1. The van der Waals surface area contributed by atoms with Gasteiger partial charge in [-0.2, -0.15) is 0 Å². The maximum absolute atomic E-state index is 12.2. The number of amides is 1. The monoisotopic (exact) mass is 253 g/mol. The van der Waals surface area contributed by atoms with Crippen LogP contribution in [0.3, 0.4) is 0 Å². The third-order valence-electron chi connectivity index (χ3n) is 3.89. The van der Waals surface area contributed by atoms with E-state index in [9.17, 15) is 14.4 Å². The van der Waals surface area contributed by atoms with E-state index < -0.39 is 11.9 Å². The molecule has 1 atom stereocenters. The van der Waals surface area contributed by atoms with Crippen LogP contribution in [0.4, 0.5) is 0 Å². The number of likely N-dealkylation sites (tertiary alicyclic amines) is 1. The Balaban J connectivity index is 1.96. The van der Waals surface area contributed by atoms with Gasteiger partial charge in [0.05, 0.1) is 13.7 Å². The molecule has 0 bridgehead atoms. The van der Waals surface area contributed by atoms with Crippen molar-refractivity contribution in [3.63, 3.8) is 0 Å². The Bertz CT molecular complexity index is 360. The summed E-state index contributed by atoms with van der Waals surface area (Å²) in [6.07, 6.45) is 5.17. The summed E-state index contributed by atoms with van der Waals surface area (Å²) < 4.78 is 4.58. The maximum atomic E-state index is 12.2. The standard InChI is InChI=1S/C13H19NO4/c1-18-13(17)10-7-14(8-11(10)15)12(16)9-5-3-2-4-6-9/h9-10H,2-8H2,1H3. The number of methoxy groups -OCH3 is 1. The second-order valence-electron chi connectivity index (χ2n) is 5.10. The maximum Gasteiger partial charge on any atom is 0.318 e. The van der Waals surface area contributed by atoms with Crippen molar-refractivity contribution in [2.45, 2.75) is 32.1 Å². The predicted molar refractivity (Wildman–Crippen MR) is 63.7 cm³/mol. The number of rotatable bonds is 2. The molecule has 2 fully saturated rings. The molecule has 5 heteroatoms. The van der Waals surface area contributed by atoms with E-state index >= 15 is 0 Å². The summed E-state index contributed by atoms with van der Waals surface area (Å²) in [5, 5.41) is 0. The molecule has 0 N–H and O–H groups in total. The lowest BCUT2D eigenvalue weighted by Crippen LogP contribution is -2.36. The van der Waals surface area contributed by atoms with Crippen molar-refractivity contribution in [2.75, 3.05) is 20.2 Å². The third kappa shape index (κ3) is 2.54. The van der Waals surface area contributed by atoms with Gasteiger partial charge in [-0.25, -0.2) is 0 Å². The molecule has 5 nitrogen and oxygen atoms in total. The van der Waals surface area contributed by atoms with Crippen LogP contribution in [0.1, 0.15) is 32.1 Å². The van der Waals surface area contributed by atoms with E-state index in [4.69, 9.17) is 0 Å². The highest BCUT2D eigenvalue weighted by atomic mass is 16.5. The quantitative estimate of drug-likeness (QED) is 0.538. The first-order valence-corrected chi connectivity index (χ1v) is 6.53. The zero-order chi connectivity index (χ0) is 13.1. The number of hydrogen-bond acceptors (Lipinski definition) is 4. The third-order valence-corrected chi connectivity index (χ3v) is 3.89. The summed E-state index contributed by atoms with van der Waals surface area (Å²) in [4.78, 5) is 36.8. The number of ketones is 1. The highest BCUT2D eigenvalue weighted by molar-refractivity contribution is 6.04. The van der Waals surface area contributed by atoms with Gasteiger partial charge in [-0.1, -0.05) is 19.3 Å². The van der Waals surface area contributed by atoms with Crippen LogP contribution in [-0.4, -0.2) is 42.8 Å². The molecule has 2 aliphatic rings. The molecule has 1 saturated heterocycles. The van der Waals surface area contributed by atoms with Gasteiger partial charge in [0.1, 0.15) is 5.92 Å². The van der Waals surface area contributed by atoms with E-state index in [0.717, 1.165) is 25.7 Å². The molecular weight excluding hydrogens is 234 g/mol. The van der Waals surface area contributed by atoms with Crippen molar-refractivity contribution in [3.05, 3.63) is 0 Å². The Morgan fingerprint density at radius 3 is 2.50 bits per heavy atom. The molecule has 1 aliphatic heterocycles. The van der Waals surface area contributed by atoms with Crippen LogP contribution in [0.15, 0.2) is 0 Å². The molecule has 2 rings (SSSR count). The summed E-state index contributed by atoms with van der Waals surface area (Å²) >= 11 is 0. The molecule has 100 valence electrons. The number of carbonyl (C=O) groups excluding carboxylic acids is 3. The zero-order valence-corrected chi connectivity index (χ0v) is 10.7. The minimum Gasteiger partial charge on any atom is -0.468 e. The minimum absolute atomic E-state index is 0.0365. The van der Waals surface area contributed by atoms with Gasteiger partial charge in [0.25, 0.3) is 0 Å². The summed E-state index contributed by atoms with van der Waals surface area (Å²) in [6, 6.07) is 0. The smallest absolute Gasteiger partial charge is 0.318 e. The fourth-order valence-electron chi connectivity index (χ4n) is 2.81. The van der Waals surface area contributed by atoms with Crippen LogP contribution < -0.4 is 0 Å². The van der Waals surface area contributed by atoms with E-state index in [1.54, 1.807) is 0 Å². The van der Waals surface area contributed by atoms with Gasteiger partial charge in [-0.05, 0) is 12.8 Å². The first-order chi connectivity index (χ1) is 8.63. The molecule has 1 amide bonds. The van der Waals surface area contributed by atoms with Gasteiger partial charge in [0.15, 0.2) is 5.78 Å². The fourth-order valence-corrected chi connectivity index (χ4v) is 2.81. The van der Waals surface area contributed by atoms with Crippen molar-refractivity contribution < 1.29 is 19.1 Å². The highest BCUT2D eigenvalue weighted by Crippen LogP contribution is 2.27. The first kappa shape index (κ1) is 13.1. The molecular formula is C13H19NO4. The Hall–Kier alpha value is -1.39. The predicted octanol–water partition coefficient (Wildman–Crippen LogP) is 0.767. The van der Waals surface area contributed by atoms with Gasteiger partial charge < -0.3 is 9.64 Å². The zero-order valence-electron chi connectivity index (χ0n) is 10.7. The molecule has 0 aromatic rings. The lowest BCUT2D eigenvalue weighted by molar-refractivity contribution is -0.147. The largest absolute Gasteiger partial charge is 0.468 e. The Morgan fingerprint density at radius 2 is 1.89 bits per heavy atom. The molecule has 0 aromatic heterocycles. The molecule has 1 heterocycles. The lowest BCUT2D eigenvalue weighted by Gasteiger charge is -2.25. The normalized spacial score (nSPS) is 25.3. The Morgan fingerprint density at radius 1 is 1.22 bits per heavy atom. The Kier molecular flexibility index (Phi) is 3.99. The fraction of sp³-hybridized carbons (Fsp3) is 0.769.